The maximum absolute atomic E-state index is 2.56. The highest BCUT2D eigenvalue weighted by Crippen LogP contribution is 2.58. The number of fused-ring (bicyclic) bond motifs is 9. The molecule has 240 valence electrons. The Balaban J connectivity index is 1.23. The minimum absolute atomic E-state index is 0.0940. The van der Waals surface area contributed by atoms with Crippen molar-refractivity contribution in [2.45, 2.75) is 38.5 Å². The minimum Gasteiger partial charge on any atom is -0.310 e. The summed E-state index contributed by atoms with van der Waals surface area (Å²) in [4.78, 5) is 2.56. The van der Waals surface area contributed by atoms with Crippen LogP contribution in [0.15, 0.2) is 152 Å². The highest BCUT2D eigenvalue weighted by Gasteiger charge is 2.41. The van der Waals surface area contributed by atoms with E-state index in [0.717, 1.165) is 5.69 Å². The fraction of sp³-hybridized carbons (Fsp3) is 0.125. The summed E-state index contributed by atoms with van der Waals surface area (Å²) in [7, 11) is 0. The summed E-state index contributed by atoms with van der Waals surface area (Å²) >= 11 is 1.88. The van der Waals surface area contributed by atoms with Gasteiger partial charge in [-0.05, 0) is 86.5 Å². The lowest BCUT2D eigenvalue weighted by molar-refractivity contribution is 0.659. The molecule has 2 aliphatic rings. The second kappa shape index (κ2) is 10.5. The molecule has 0 amide bonds. The van der Waals surface area contributed by atoms with Gasteiger partial charge in [0.1, 0.15) is 0 Å². The van der Waals surface area contributed by atoms with Gasteiger partial charge >= 0.3 is 0 Å². The van der Waals surface area contributed by atoms with Crippen molar-refractivity contribution in [2.75, 3.05) is 4.90 Å². The summed E-state index contributed by atoms with van der Waals surface area (Å²) < 4.78 is 2.66. The molecule has 1 aromatic heterocycles. The SMILES string of the molecule is CC1(C)c2ccccc2-c2c(N(c3cccc(-c4ccc5c(c4)sc4ccccc45)c3)c3cccc4c3C(C)(C)c3ccccc3-4)cccc21. The highest BCUT2D eigenvalue weighted by atomic mass is 32.1. The van der Waals surface area contributed by atoms with E-state index in [1.54, 1.807) is 0 Å². The quantitative estimate of drug-likeness (QED) is 0.182. The van der Waals surface area contributed by atoms with Crippen molar-refractivity contribution in [2.24, 2.45) is 0 Å². The molecule has 0 radical (unpaired) electrons. The Morgan fingerprint density at radius 1 is 0.440 bits per heavy atom. The molecule has 10 rings (SSSR count). The first-order chi connectivity index (χ1) is 24.3. The third kappa shape index (κ3) is 4.06. The Kier molecular flexibility index (Phi) is 6.21. The van der Waals surface area contributed by atoms with Crippen molar-refractivity contribution in [1.29, 1.82) is 0 Å². The third-order valence-corrected chi connectivity index (χ3v) is 12.6. The maximum atomic E-state index is 2.56. The van der Waals surface area contributed by atoms with Gasteiger partial charge in [0.25, 0.3) is 0 Å². The van der Waals surface area contributed by atoms with E-state index in [2.05, 4.69) is 184 Å². The number of benzene rings is 7. The maximum Gasteiger partial charge on any atom is 0.0543 e. The van der Waals surface area contributed by atoms with E-state index in [0.29, 0.717) is 0 Å². The topological polar surface area (TPSA) is 3.24 Å². The van der Waals surface area contributed by atoms with Crippen LogP contribution in [0.5, 0.6) is 0 Å². The van der Waals surface area contributed by atoms with Gasteiger partial charge in [-0.15, -0.1) is 11.3 Å². The molecule has 0 N–H and O–H groups in total. The third-order valence-electron chi connectivity index (χ3n) is 11.4. The first kappa shape index (κ1) is 29.5. The number of nitrogens with zero attached hydrogens (tertiary/aromatic N) is 1. The molecule has 0 saturated heterocycles. The van der Waals surface area contributed by atoms with E-state index in [4.69, 9.17) is 0 Å². The second-order valence-corrected chi connectivity index (χ2v) is 16.0. The van der Waals surface area contributed by atoms with Crippen molar-refractivity contribution in [3.63, 3.8) is 0 Å². The molecular formula is C48H37NS. The highest BCUT2D eigenvalue weighted by molar-refractivity contribution is 7.25. The van der Waals surface area contributed by atoms with Crippen molar-refractivity contribution >= 4 is 48.6 Å². The van der Waals surface area contributed by atoms with Crippen molar-refractivity contribution in [1.82, 2.24) is 0 Å². The number of hydrogen-bond acceptors (Lipinski definition) is 2. The van der Waals surface area contributed by atoms with Gasteiger partial charge in [0, 0.05) is 42.3 Å². The van der Waals surface area contributed by atoms with Gasteiger partial charge in [-0.3, -0.25) is 0 Å². The second-order valence-electron chi connectivity index (χ2n) is 14.9. The monoisotopic (exact) mass is 659 g/mol. The van der Waals surface area contributed by atoms with Crippen LogP contribution in [-0.2, 0) is 10.8 Å². The van der Waals surface area contributed by atoms with Crippen LogP contribution in [0.4, 0.5) is 17.1 Å². The average molecular weight is 660 g/mol. The molecule has 0 fully saturated rings. The standard InChI is InChI=1S/C48H37NS/c1-47(2)39-21-9-6-18-37(39)45-40(47)22-13-23-41(45)49(42-24-12-19-36-33-16-5-8-20-38(33)48(3,4)46(36)42)32-15-11-14-30(28-32)31-26-27-35-34-17-7-10-25-43(34)50-44(35)29-31/h5-29H,1-4H3. The number of hydrogen-bond donors (Lipinski definition) is 0. The van der Waals surface area contributed by atoms with Crippen LogP contribution in [0.2, 0.25) is 0 Å². The Morgan fingerprint density at radius 3 is 1.92 bits per heavy atom. The zero-order valence-corrected chi connectivity index (χ0v) is 29.6. The molecule has 0 unspecified atom stereocenters. The summed E-state index contributed by atoms with van der Waals surface area (Å²) in [6.45, 7) is 9.53. The number of rotatable bonds is 4. The largest absolute Gasteiger partial charge is 0.310 e. The summed E-state index contributed by atoms with van der Waals surface area (Å²) in [6, 6.07) is 56.7. The predicted octanol–water partition coefficient (Wildman–Crippen LogP) is 13.8. The molecule has 1 nitrogen and oxygen atoms in total. The molecule has 8 aromatic rings. The molecule has 1 heterocycles. The summed E-state index contributed by atoms with van der Waals surface area (Å²) in [5, 5.41) is 2.66. The van der Waals surface area contributed by atoms with E-state index in [1.165, 1.54) is 87.2 Å². The summed E-state index contributed by atoms with van der Waals surface area (Å²) in [5.41, 5.74) is 16.7. The van der Waals surface area contributed by atoms with Gasteiger partial charge in [0.2, 0.25) is 0 Å². The Labute approximate surface area is 298 Å². The van der Waals surface area contributed by atoms with Crippen LogP contribution >= 0.6 is 11.3 Å². The zero-order chi connectivity index (χ0) is 33.8. The number of thiophene rings is 1. The molecular weight excluding hydrogens is 623 g/mol. The Morgan fingerprint density at radius 2 is 1.06 bits per heavy atom. The van der Waals surface area contributed by atoms with E-state index in [1.807, 2.05) is 11.3 Å². The molecule has 7 aromatic carbocycles. The van der Waals surface area contributed by atoms with Gasteiger partial charge in [-0.25, -0.2) is 0 Å². The van der Waals surface area contributed by atoms with Crippen molar-refractivity contribution in [3.8, 4) is 33.4 Å². The fourth-order valence-electron chi connectivity index (χ4n) is 9.06. The van der Waals surface area contributed by atoms with Gasteiger partial charge in [0.05, 0.1) is 11.4 Å². The van der Waals surface area contributed by atoms with E-state index >= 15 is 0 Å². The molecule has 50 heavy (non-hydrogen) atoms. The first-order valence-electron chi connectivity index (χ1n) is 17.6. The lowest BCUT2D eigenvalue weighted by atomic mass is 9.81. The predicted molar refractivity (Wildman–Crippen MR) is 215 cm³/mol. The van der Waals surface area contributed by atoms with E-state index in [-0.39, 0.29) is 10.8 Å². The molecule has 0 aliphatic heterocycles. The molecule has 0 bridgehead atoms. The molecule has 0 atom stereocenters. The first-order valence-corrected chi connectivity index (χ1v) is 18.4. The molecule has 0 spiro atoms. The molecule has 2 aliphatic carbocycles. The van der Waals surface area contributed by atoms with Gasteiger partial charge < -0.3 is 4.90 Å². The van der Waals surface area contributed by atoms with Gasteiger partial charge in [0.15, 0.2) is 0 Å². The Hall–Kier alpha value is -5.44. The number of anilines is 3. The van der Waals surface area contributed by atoms with Crippen LogP contribution in [0.3, 0.4) is 0 Å². The lowest BCUT2D eigenvalue weighted by Gasteiger charge is -2.34. The van der Waals surface area contributed by atoms with Crippen molar-refractivity contribution < 1.29 is 0 Å². The van der Waals surface area contributed by atoms with Crippen LogP contribution in [0.25, 0.3) is 53.6 Å². The minimum atomic E-state index is -0.167. The van der Waals surface area contributed by atoms with Gasteiger partial charge in [-0.1, -0.05) is 143 Å². The van der Waals surface area contributed by atoms with Crippen molar-refractivity contribution in [3.05, 3.63) is 174 Å². The van der Waals surface area contributed by atoms with Gasteiger partial charge in [-0.2, -0.15) is 0 Å². The normalized spacial score (nSPS) is 14.7. The van der Waals surface area contributed by atoms with Crippen LogP contribution in [0.1, 0.15) is 49.9 Å². The average Bonchev–Trinajstić information content (AvgIpc) is 3.72. The van der Waals surface area contributed by atoms with E-state index in [9.17, 15) is 0 Å². The van der Waals surface area contributed by atoms with Crippen LogP contribution in [-0.4, -0.2) is 0 Å². The Bertz CT molecular complexity index is 2670. The summed E-state index contributed by atoms with van der Waals surface area (Å²) in [6.07, 6.45) is 0. The van der Waals surface area contributed by atoms with Crippen LogP contribution < -0.4 is 4.90 Å². The zero-order valence-electron chi connectivity index (χ0n) is 28.8. The molecule has 2 heteroatoms. The molecule has 0 saturated carbocycles. The smallest absolute Gasteiger partial charge is 0.0543 e. The van der Waals surface area contributed by atoms with E-state index < -0.39 is 0 Å². The lowest BCUT2D eigenvalue weighted by Crippen LogP contribution is -2.21. The van der Waals surface area contributed by atoms with Crippen LogP contribution in [0, 0.1) is 0 Å². The fourth-order valence-corrected chi connectivity index (χ4v) is 10.2. The summed E-state index contributed by atoms with van der Waals surface area (Å²) in [5.74, 6) is 0.